The van der Waals surface area contributed by atoms with Gasteiger partial charge in [0.15, 0.2) is 0 Å². The van der Waals surface area contributed by atoms with Crippen molar-refractivity contribution < 1.29 is 18.0 Å². The molecule has 0 radical (unpaired) electrons. The summed E-state index contributed by atoms with van der Waals surface area (Å²) in [6.45, 7) is 2.28. The average molecular weight is 376 g/mol. The number of benzene rings is 1. The standard InChI is InChI=1S/C21H23F3N2O/c1-13-8-9-18-16(11-13)19(15-6-2-3-7-17(15)25-18)20(27)26-10-4-5-14(12-26)21(22,23)24/h2-3,6-7,13-14H,4-5,8-12H2,1H3/t13-,14+/m1/s1. The highest BCUT2D eigenvalue weighted by Crippen LogP contribution is 2.36. The molecule has 1 saturated heterocycles. The van der Waals surface area contributed by atoms with E-state index in [1.165, 1.54) is 4.90 Å². The van der Waals surface area contributed by atoms with Crippen LogP contribution in [0.25, 0.3) is 10.9 Å². The Balaban J connectivity index is 1.78. The molecule has 2 aromatic rings. The summed E-state index contributed by atoms with van der Waals surface area (Å²) in [7, 11) is 0. The number of carbonyl (C=O) groups is 1. The highest BCUT2D eigenvalue weighted by Gasteiger charge is 2.43. The molecule has 1 aliphatic heterocycles. The normalized spacial score (nSPS) is 23.3. The summed E-state index contributed by atoms with van der Waals surface area (Å²) in [5.41, 5.74) is 3.19. The first-order chi connectivity index (χ1) is 12.8. The number of hydrogen-bond acceptors (Lipinski definition) is 2. The van der Waals surface area contributed by atoms with Gasteiger partial charge in [0.05, 0.1) is 17.0 Å². The number of alkyl halides is 3. The van der Waals surface area contributed by atoms with Crippen LogP contribution in [-0.4, -0.2) is 35.1 Å². The Labute approximate surface area is 156 Å². The van der Waals surface area contributed by atoms with Crippen LogP contribution in [0.2, 0.25) is 0 Å². The minimum Gasteiger partial charge on any atom is -0.338 e. The second-order valence-corrected chi connectivity index (χ2v) is 7.91. The van der Waals surface area contributed by atoms with E-state index in [1.807, 2.05) is 24.3 Å². The number of nitrogens with zero attached hydrogens (tertiary/aromatic N) is 2. The minimum atomic E-state index is -4.26. The van der Waals surface area contributed by atoms with Crippen LogP contribution in [0.5, 0.6) is 0 Å². The number of rotatable bonds is 1. The van der Waals surface area contributed by atoms with Gasteiger partial charge in [0.1, 0.15) is 0 Å². The molecule has 1 aliphatic carbocycles. The van der Waals surface area contributed by atoms with Crippen LogP contribution in [0.1, 0.15) is 47.8 Å². The summed E-state index contributed by atoms with van der Waals surface area (Å²) in [5.74, 6) is -1.26. The second-order valence-electron chi connectivity index (χ2n) is 7.91. The molecule has 4 rings (SSSR count). The van der Waals surface area contributed by atoms with Crippen molar-refractivity contribution in [1.29, 1.82) is 0 Å². The molecule has 2 aliphatic rings. The number of amides is 1. The molecule has 1 fully saturated rings. The van der Waals surface area contributed by atoms with Gasteiger partial charge >= 0.3 is 6.18 Å². The van der Waals surface area contributed by atoms with E-state index in [2.05, 4.69) is 6.92 Å². The molecule has 2 heterocycles. The number of halogens is 3. The number of aryl methyl sites for hydroxylation is 1. The van der Waals surface area contributed by atoms with E-state index in [-0.39, 0.29) is 18.9 Å². The molecule has 1 aromatic heterocycles. The topological polar surface area (TPSA) is 33.2 Å². The first-order valence-electron chi connectivity index (χ1n) is 9.61. The number of pyridine rings is 1. The third-order valence-electron chi connectivity index (χ3n) is 5.89. The van der Waals surface area contributed by atoms with Gasteiger partial charge < -0.3 is 4.90 Å². The lowest BCUT2D eigenvalue weighted by Crippen LogP contribution is -2.45. The number of carbonyl (C=O) groups excluding carboxylic acids is 1. The molecule has 1 aromatic carbocycles. The Morgan fingerprint density at radius 1 is 1.22 bits per heavy atom. The Morgan fingerprint density at radius 2 is 2.00 bits per heavy atom. The van der Waals surface area contributed by atoms with Crippen LogP contribution in [0.15, 0.2) is 24.3 Å². The minimum absolute atomic E-state index is 0.0967. The quantitative estimate of drug-likeness (QED) is 0.718. The molecule has 27 heavy (non-hydrogen) atoms. The molecule has 0 saturated carbocycles. The zero-order valence-corrected chi connectivity index (χ0v) is 15.4. The zero-order valence-electron chi connectivity index (χ0n) is 15.4. The Morgan fingerprint density at radius 3 is 2.78 bits per heavy atom. The SMILES string of the molecule is C[C@@H]1CCc2nc3ccccc3c(C(=O)N3CCC[C@H](C(F)(F)F)C3)c2C1. The van der Waals surface area contributed by atoms with Crippen molar-refractivity contribution >= 4 is 16.8 Å². The van der Waals surface area contributed by atoms with Crippen molar-refractivity contribution in [2.45, 2.75) is 45.2 Å². The first kappa shape index (κ1) is 18.3. The molecule has 144 valence electrons. The largest absolute Gasteiger partial charge is 0.393 e. The summed E-state index contributed by atoms with van der Waals surface area (Å²) in [4.78, 5) is 19.5. The first-order valence-corrected chi connectivity index (χ1v) is 9.61. The number of aromatic nitrogens is 1. The van der Waals surface area contributed by atoms with Gasteiger partial charge in [-0.2, -0.15) is 13.2 Å². The molecule has 6 heteroatoms. The highest BCUT2D eigenvalue weighted by atomic mass is 19.4. The molecule has 2 atom stereocenters. The molecular formula is C21H23F3N2O. The van der Waals surface area contributed by atoms with E-state index in [9.17, 15) is 18.0 Å². The monoisotopic (exact) mass is 376 g/mol. The number of para-hydroxylation sites is 1. The number of hydrogen-bond donors (Lipinski definition) is 0. The Bertz CT molecular complexity index is 878. The average Bonchev–Trinajstić information content (AvgIpc) is 2.65. The van der Waals surface area contributed by atoms with Crippen molar-refractivity contribution in [2.24, 2.45) is 11.8 Å². The van der Waals surface area contributed by atoms with Gasteiger partial charge in [-0.15, -0.1) is 0 Å². The van der Waals surface area contributed by atoms with Crippen LogP contribution in [0.4, 0.5) is 13.2 Å². The van der Waals surface area contributed by atoms with Crippen LogP contribution in [0, 0.1) is 11.8 Å². The van der Waals surface area contributed by atoms with Crippen LogP contribution in [0.3, 0.4) is 0 Å². The Kier molecular flexibility index (Phi) is 4.60. The fourth-order valence-corrected chi connectivity index (χ4v) is 4.39. The van der Waals surface area contributed by atoms with E-state index < -0.39 is 12.1 Å². The van der Waals surface area contributed by atoms with Gasteiger partial charge in [0, 0.05) is 24.2 Å². The maximum atomic E-state index is 13.4. The van der Waals surface area contributed by atoms with Crippen LogP contribution < -0.4 is 0 Å². The second kappa shape index (κ2) is 6.80. The van der Waals surface area contributed by atoms with E-state index >= 15 is 0 Å². The smallest absolute Gasteiger partial charge is 0.338 e. The zero-order chi connectivity index (χ0) is 19.2. The summed E-state index contributed by atoms with van der Waals surface area (Å²) in [6.07, 6.45) is -1.19. The number of likely N-dealkylation sites (tertiary alicyclic amines) is 1. The van der Waals surface area contributed by atoms with Crippen LogP contribution >= 0.6 is 0 Å². The fraction of sp³-hybridized carbons (Fsp3) is 0.524. The van der Waals surface area contributed by atoms with E-state index in [1.54, 1.807) is 0 Å². The lowest BCUT2D eigenvalue weighted by Gasteiger charge is -2.35. The lowest BCUT2D eigenvalue weighted by molar-refractivity contribution is -0.184. The van der Waals surface area contributed by atoms with E-state index in [0.29, 0.717) is 24.4 Å². The molecule has 0 N–H and O–H groups in total. The Hall–Kier alpha value is -2.11. The van der Waals surface area contributed by atoms with Gasteiger partial charge in [-0.1, -0.05) is 25.1 Å². The van der Waals surface area contributed by atoms with Gasteiger partial charge in [-0.3, -0.25) is 9.78 Å². The summed E-state index contributed by atoms with van der Waals surface area (Å²) in [6, 6.07) is 7.47. The molecule has 3 nitrogen and oxygen atoms in total. The number of piperidine rings is 1. The summed E-state index contributed by atoms with van der Waals surface area (Å²) >= 11 is 0. The van der Waals surface area contributed by atoms with E-state index in [4.69, 9.17) is 4.98 Å². The summed E-state index contributed by atoms with van der Waals surface area (Å²) < 4.78 is 39.6. The molecule has 0 bridgehead atoms. The summed E-state index contributed by atoms with van der Waals surface area (Å²) in [5, 5.41) is 0.754. The maximum absolute atomic E-state index is 13.4. The highest BCUT2D eigenvalue weighted by molar-refractivity contribution is 6.07. The predicted octanol–water partition coefficient (Wildman–Crippen LogP) is 4.77. The van der Waals surface area contributed by atoms with Crippen molar-refractivity contribution in [3.63, 3.8) is 0 Å². The molecule has 1 amide bonds. The molecule has 0 unspecified atom stereocenters. The van der Waals surface area contributed by atoms with Crippen LogP contribution in [-0.2, 0) is 12.8 Å². The van der Waals surface area contributed by atoms with Crippen molar-refractivity contribution in [3.8, 4) is 0 Å². The predicted molar refractivity (Wildman–Crippen MR) is 97.6 cm³/mol. The van der Waals surface area contributed by atoms with Gasteiger partial charge in [0.25, 0.3) is 5.91 Å². The third-order valence-corrected chi connectivity index (χ3v) is 5.89. The van der Waals surface area contributed by atoms with Crippen molar-refractivity contribution in [3.05, 3.63) is 41.1 Å². The van der Waals surface area contributed by atoms with Gasteiger partial charge in [-0.25, -0.2) is 0 Å². The number of fused-ring (bicyclic) bond motifs is 2. The van der Waals surface area contributed by atoms with Gasteiger partial charge in [-0.05, 0) is 49.7 Å². The maximum Gasteiger partial charge on any atom is 0.393 e. The third kappa shape index (κ3) is 3.42. The van der Waals surface area contributed by atoms with Gasteiger partial charge in [0.2, 0.25) is 0 Å². The lowest BCUT2D eigenvalue weighted by atomic mass is 9.83. The molecular weight excluding hydrogens is 353 g/mol. The van der Waals surface area contributed by atoms with Crippen molar-refractivity contribution in [1.82, 2.24) is 9.88 Å². The van der Waals surface area contributed by atoms with E-state index in [0.717, 1.165) is 41.4 Å². The molecule has 0 spiro atoms. The van der Waals surface area contributed by atoms with Crippen molar-refractivity contribution in [2.75, 3.05) is 13.1 Å². The fourth-order valence-electron chi connectivity index (χ4n) is 4.39.